The molecule has 0 N–H and O–H groups in total. The van der Waals surface area contributed by atoms with E-state index >= 15 is 0 Å². The van der Waals surface area contributed by atoms with Crippen LogP contribution in [-0.2, 0) is 16.0 Å². The van der Waals surface area contributed by atoms with Gasteiger partial charge in [-0.1, -0.05) is 13.0 Å². The summed E-state index contributed by atoms with van der Waals surface area (Å²) in [7, 11) is 0. The second-order valence-electron chi connectivity index (χ2n) is 6.39. The molecule has 1 aromatic rings. The molecule has 0 spiro atoms. The van der Waals surface area contributed by atoms with Crippen molar-refractivity contribution < 1.29 is 9.53 Å². The van der Waals surface area contributed by atoms with Gasteiger partial charge < -0.3 is 9.64 Å². The summed E-state index contributed by atoms with van der Waals surface area (Å²) >= 11 is 1.75. The zero-order chi connectivity index (χ0) is 15.4. The van der Waals surface area contributed by atoms with Gasteiger partial charge in [0.25, 0.3) is 0 Å². The van der Waals surface area contributed by atoms with E-state index in [1.165, 1.54) is 4.88 Å². The van der Waals surface area contributed by atoms with Crippen molar-refractivity contribution in [1.82, 2.24) is 9.80 Å². The second-order valence-corrected chi connectivity index (χ2v) is 7.42. The van der Waals surface area contributed by atoms with Crippen LogP contribution in [0.2, 0.25) is 0 Å². The number of hydrogen-bond acceptors (Lipinski definition) is 4. The Morgan fingerprint density at radius 2 is 2.05 bits per heavy atom. The molecule has 1 amide bonds. The number of amides is 1. The van der Waals surface area contributed by atoms with Crippen LogP contribution in [0.3, 0.4) is 0 Å². The molecule has 3 rings (SSSR count). The highest BCUT2D eigenvalue weighted by molar-refractivity contribution is 7.09. The molecule has 3 heterocycles. The largest absolute Gasteiger partial charge is 0.379 e. The van der Waals surface area contributed by atoms with Gasteiger partial charge in [-0.25, -0.2) is 0 Å². The maximum absolute atomic E-state index is 12.6. The highest BCUT2D eigenvalue weighted by atomic mass is 32.1. The third kappa shape index (κ3) is 3.89. The van der Waals surface area contributed by atoms with E-state index in [-0.39, 0.29) is 5.92 Å². The molecule has 5 heteroatoms. The number of rotatable bonds is 4. The maximum atomic E-state index is 12.6. The van der Waals surface area contributed by atoms with Crippen LogP contribution in [0.5, 0.6) is 0 Å². The van der Waals surface area contributed by atoms with Crippen LogP contribution in [0.15, 0.2) is 17.5 Å². The molecule has 22 heavy (non-hydrogen) atoms. The van der Waals surface area contributed by atoms with Gasteiger partial charge in [0.15, 0.2) is 0 Å². The Hall–Kier alpha value is -0.910. The number of ether oxygens (including phenoxy) is 1. The summed E-state index contributed by atoms with van der Waals surface area (Å²) in [6.07, 6.45) is 3.09. The smallest absolute Gasteiger partial charge is 0.225 e. The first-order valence-electron chi connectivity index (χ1n) is 8.37. The quantitative estimate of drug-likeness (QED) is 0.852. The van der Waals surface area contributed by atoms with Gasteiger partial charge in [-0.3, -0.25) is 9.69 Å². The van der Waals surface area contributed by atoms with Gasteiger partial charge >= 0.3 is 0 Å². The topological polar surface area (TPSA) is 32.8 Å². The minimum absolute atomic E-state index is 0.0959. The van der Waals surface area contributed by atoms with E-state index in [2.05, 4.69) is 34.2 Å². The second kappa shape index (κ2) is 7.57. The standard InChI is InChI=1S/C17H26N2O2S/c1-14(13-16-3-2-12-22-16)17(20)19-6-4-15(5-7-19)18-8-10-21-11-9-18/h2-3,12,14-15H,4-11,13H2,1H3. The van der Waals surface area contributed by atoms with Crippen molar-refractivity contribution in [1.29, 1.82) is 0 Å². The molecule has 2 saturated heterocycles. The highest BCUT2D eigenvalue weighted by Gasteiger charge is 2.29. The van der Waals surface area contributed by atoms with Crippen molar-refractivity contribution in [2.24, 2.45) is 5.92 Å². The van der Waals surface area contributed by atoms with E-state index in [1.54, 1.807) is 11.3 Å². The Kier molecular flexibility index (Phi) is 5.50. The molecule has 1 aromatic heterocycles. The third-order valence-electron chi connectivity index (χ3n) is 4.85. The van der Waals surface area contributed by atoms with E-state index in [1.807, 2.05) is 0 Å². The summed E-state index contributed by atoms with van der Waals surface area (Å²) < 4.78 is 5.43. The molecule has 0 saturated carbocycles. The number of morpholine rings is 1. The molecule has 0 aromatic carbocycles. The molecule has 4 nitrogen and oxygen atoms in total. The van der Waals surface area contributed by atoms with Crippen LogP contribution in [0.4, 0.5) is 0 Å². The first kappa shape index (κ1) is 16.0. The minimum atomic E-state index is 0.0959. The van der Waals surface area contributed by atoms with Crippen LogP contribution >= 0.6 is 11.3 Å². The lowest BCUT2D eigenvalue weighted by molar-refractivity contribution is -0.136. The zero-order valence-corrected chi connectivity index (χ0v) is 14.2. The lowest BCUT2D eigenvalue weighted by Crippen LogP contribution is -2.50. The van der Waals surface area contributed by atoms with E-state index < -0.39 is 0 Å². The van der Waals surface area contributed by atoms with Crippen LogP contribution in [0.1, 0.15) is 24.6 Å². The minimum Gasteiger partial charge on any atom is -0.379 e. The van der Waals surface area contributed by atoms with Crippen molar-refractivity contribution in [3.05, 3.63) is 22.4 Å². The summed E-state index contributed by atoms with van der Waals surface area (Å²) in [6, 6.07) is 4.82. The van der Waals surface area contributed by atoms with Gasteiger partial charge in [0, 0.05) is 43.0 Å². The Bertz CT molecular complexity index is 463. The van der Waals surface area contributed by atoms with Gasteiger partial charge in [0.1, 0.15) is 0 Å². The first-order chi connectivity index (χ1) is 10.7. The van der Waals surface area contributed by atoms with Gasteiger partial charge in [0.2, 0.25) is 5.91 Å². The number of thiophene rings is 1. The van der Waals surface area contributed by atoms with Crippen LogP contribution in [0.25, 0.3) is 0 Å². The molecule has 1 atom stereocenters. The Morgan fingerprint density at radius 3 is 2.68 bits per heavy atom. The summed E-state index contributed by atoms with van der Waals surface area (Å²) in [6.45, 7) is 7.70. The van der Waals surface area contributed by atoms with Gasteiger partial charge in [-0.15, -0.1) is 11.3 Å². The lowest BCUT2D eigenvalue weighted by Gasteiger charge is -2.40. The van der Waals surface area contributed by atoms with Crippen molar-refractivity contribution in [3.63, 3.8) is 0 Å². The monoisotopic (exact) mass is 322 g/mol. The Morgan fingerprint density at radius 1 is 1.32 bits per heavy atom. The van der Waals surface area contributed by atoms with Gasteiger partial charge in [-0.2, -0.15) is 0 Å². The predicted octanol–water partition coefficient (Wildman–Crippen LogP) is 2.25. The summed E-state index contributed by atoms with van der Waals surface area (Å²) in [5.74, 6) is 0.424. The summed E-state index contributed by atoms with van der Waals surface area (Å²) in [5, 5.41) is 2.08. The van der Waals surface area contributed by atoms with Crippen molar-refractivity contribution in [3.8, 4) is 0 Å². The Labute approximate surface area is 137 Å². The van der Waals surface area contributed by atoms with Crippen LogP contribution in [-0.4, -0.2) is 61.1 Å². The molecular weight excluding hydrogens is 296 g/mol. The molecule has 0 bridgehead atoms. The van der Waals surface area contributed by atoms with Gasteiger partial charge in [-0.05, 0) is 30.7 Å². The normalized spacial score (nSPS) is 22.7. The van der Waals surface area contributed by atoms with E-state index in [4.69, 9.17) is 4.74 Å². The first-order valence-corrected chi connectivity index (χ1v) is 9.25. The van der Waals surface area contributed by atoms with Crippen LogP contribution in [0, 0.1) is 5.92 Å². The van der Waals surface area contributed by atoms with Crippen molar-refractivity contribution >= 4 is 17.2 Å². The van der Waals surface area contributed by atoms with E-state index in [9.17, 15) is 4.79 Å². The lowest BCUT2D eigenvalue weighted by atomic mass is 9.99. The number of carbonyl (C=O) groups excluding carboxylic acids is 1. The SMILES string of the molecule is CC(Cc1cccs1)C(=O)N1CCC(N2CCOCC2)CC1. The predicted molar refractivity (Wildman–Crippen MR) is 89.2 cm³/mol. The summed E-state index contributed by atoms with van der Waals surface area (Å²) in [5.41, 5.74) is 0. The fourth-order valence-electron chi connectivity index (χ4n) is 3.52. The molecule has 1 unspecified atom stereocenters. The molecule has 2 aliphatic heterocycles. The molecule has 2 fully saturated rings. The Balaban J connectivity index is 1.46. The molecule has 2 aliphatic rings. The summed E-state index contributed by atoms with van der Waals surface area (Å²) in [4.78, 5) is 18.5. The number of likely N-dealkylation sites (tertiary alicyclic amines) is 1. The van der Waals surface area contributed by atoms with E-state index in [0.29, 0.717) is 11.9 Å². The van der Waals surface area contributed by atoms with Gasteiger partial charge in [0.05, 0.1) is 13.2 Å². The number of piperidine rings is 1. The molecular formula is C17H26N2O2S. The van der Waals surface area contributed by atoms with Crippen molar-refractivity contribution in [2.45, 2.75) is 32.2 Å². The molecule has 122 valence electrons. The zero-order valence-electron chi connectivity index (χ0n) is 13.4. The highest BCUT2D eigenvalue weighted by Crippen LogP contribution is 2.21. The third-order valence-corrected chi connectivity index (χ3v) is 5.75. The fourth-order valence-corrected chi connectivity index (χ4v) is 4.36. The maximum Gasteiger partial charge on any atom is 0.225 e. The molecule has 0 aliphatic carbocycles. The fraction of sp³-hybridized carbons (Fsp3) is 0.706. The molecule has 0 radical (unpaired) electrons. The van der Waals surface area contributed by atoms with Crippen molar-refractivity contribution in [2.75, 3.05) is 39.4 Å². The number of carbonyl (C=O) groups is 1. The average molecular weight is 322 g/mol. The van der Waals surface area contributed by atoms with Crippen LogP contribution < -0.4 is 0 Å². The number of hydrogen-bond donors (Lipinski definition) is 0. The number of nitrogens with zero attached hydrogens (tertiary/aromatic N) is 2. The average Bonchev–Trinajstić information content (AvgIpc) is 3.08. The van der Waals surface area contributed by atoms with E-state index in [0.717, 1.165) is 58.7 Å².